The molecule has 0 atom stereocenters. The van der Waals surface area contributed by atoms with E-state index in [1.54, 1.807) is 19.1 Å². The van der Waals surface area contributed by atoms with Crippen molar-refractivity contribution in [1.29, 1.82) is 0 Å². The highest BCUT2D eigenvalue weighted by molar-refractivity contribution is 7.89. The van der Waals surface area contributed by atoms with Crippen molar-refractivity contribution >= 4 is 21.1 Å². The summed E-state index contributed by atoms with van der Waals surface area (Å²) in [5.74, 6) is 0.0809. The summed E-state index contributed by atoms with van der Waals surface area (Å²) in [6, 6.07) is 5.40. The molecule has 0 spiro atoms. The van der Waals surface area contributed by atoms with Gasteiger partial charge in [-0.05, 0) is 24.6 Å². The van der Waals surface area contributed by atoms with E-state index in [0.29, 0.717) is 5.58 Å². The Bertz CT molecular complexity index is 589. The molecule has 1 aromatic carbocycles. The van der Waals surface area contributed by atoms with Gasteiger partial charge in [0.2, 0.25) is 10.0 Å². The Balaban J connectivity index is 2.15. The number of benzene rings is 1. The lowest BCUT2D eigenvalue weighted by molar-refractivity contribution is 0.582. The standard InChI is InChI=1S/C10H12N2O3S/c1-2-16(13,14)12-6-8-3-4-9-10(5-8)15-7-11-9/h3-5,7,12H,2,6H2,1H3. The van der Waals surface area contributed by atoms with E-state index in [1.165, 1.54) is 6.39 Å². The zero-order valence-electron chi connectivity index (χ0n) is 8.80. The van der Waals surface area contributed by atoms with Crippen LogP contribution in [0.15, 0.2) is 29.0 Å². The van der Waals surface area contributed by atoms with Crippen LogP contribution < -0.4 is 4.72 Å². The third-order valence-electron chi connectivity index (χ3n) is 2.27. The number of aromatic nitrogens is 1. The first kappa shape index (κ1) is 11.1. The van der Waals surface area contributed by atoms with Crippen LogP contribution in [0.4, 0.5) is 0 Å². The van der Waals surface area contributed by atoms with E-state index in [4.69, 9.17) is 4.42 Å². The second-order valence-corrected chi connectivity index (χ2v) is 5.47. The third-order valence-corrected chi connectivity index (χ3v) is 3.62. The van der Waals surface area contributed by atoms with Gasteiger partial charge in [0.25, 0.3) is 0 Å². The largest absolute Gasteiger partial charge is 0.443 e. The molecular formula is C10H12N2O3S. The number of nitrogens with zero attached hydrogens (tertiary/aromatic N) is 1. The van der Waals surface area contributed by atoms with Crippen LogP contribution in [0.25, 0.3) is 11.1 Å². The van der Waals surface area contributed by atoms with Crippen LogP contribution in [0.2, 0.25) is 0 Å². The average molecular weight is 240 g/mol. The topological polar surface area (TPSA) is 72.2 Å². The van der Waals surface area contributed by atoms with Gasteiger partial charge in [-0.25, -0.2) is 18.1 Å². The highest BCUT2D eigenvalue weighted by Crippen LogP contribution is 2.14. The molecule has 0 saturated carbocycles. The minimum atomic E-state index is -3.15. The average Bonchev–Trinajstić information content (AvgIpc) is 2.73. The highest BCUT2D eigenvalue weighted by atomic mass is 32.2. The fourth-order valence-electron chi connectivity index (χ4n) is 1.30. The van der Waals surface area contributed by atoms with Crippen LogP contribution >= 0.6 is 0 Å². The lowest BCUT2D eigenvalue weighted by atomic mass is 10.2. The Kier molecular flexibility index (Phi) is 2.93. The molecule has 0 fully saturated rings. The van der Waals surface area contributed by atoms with Crippen molar-refractivity contribution < 1.29 is 12.8 Å². The van der Waals surface area contributed by atoms with Crippen molar-refractivity contribution in [2.24, 2.45) is 0 Å². The zero-order chi connectivity index (χ0) is 11.6. The van der Waals surface area contributed by atoms with Gasteiger partial charge in [0.15, 0.2) is 12.0 Å². The van der Waals surface area contributed by atoms with E-state index in [-0.39, 0.29) is 12.3 Å². The zero-order valence-corrected chi connectivity index (χ0v) is 9.62. The second kappa shape index (κ2) is 4.23. The molecule has 1 N–H and O–H groups in total. The van der Waals surface area contributed by atoms with Crippen molar-refractivity contribution in [1.82, 2.24) is 9.71 Å². The van der Waals surface area contributed by atoms with E-state index < -0.39 is 10.0 Å². The summed E-state index contributed by atoms with van der Waals surface area (Å²) in [6.07, 6.45) is 1.37. The minimum absolute atomic E-state index is 0.0809. The fourth-order valence-corrected chi connectivity index (χ4v) is 1.90. The highest BCUT2D eigenvalue weighted by Gasteiger charge is 2.06. The maximum Gasteiger partial charge on any atom is 0.211 e. The van der Waals surface area contributed by atoms with Gasteiger partial charge in [0, 0.05) is 6.54 Å². The van der Waals surface area contributed by atoms with Crippen LogP contribution in [0.5, 0.6) is 0 Å². The quantitative estimate of drug-likeness (QED) is 0.873. The van der Waals surface area contributed by atoms with Crippen LogP contribution in [-0.4, -0.2) is 19.2 Å². The number of nitrogens with one attached hydrogen (secondary N) is 1. The van der Waals surface area contributed by atoms with Crippen molar-refractivity contribution in [2.75, 3.05) is 5.75 Å². The SMILES string of the molecule is CCS(=O)(=O)NCc1ccc2ncoc2c1. The number of fused-ring (bicyclic) bond motifs is 1. The molecule has 2 aromatic rings. The van der Waals surface area contributed by atoms with E-state index >= 15 is 0 Å². The predicted molar refractivity (Wildman–Crippen MR) is 60.3 cm³/mol. The third kappa shape index (κ3) is 2.40. The lowest BCUT2D eigenvalue weighted by Crippen LogP contribution is -2.24. The Hall–Kier alpha value is -1.40. The first-order valence-corrected chi connectivity index (χ1v) is 6.55. The summed E-state index contributed by atoms with van der Waals surface area (Å²) in [5, 5.41) is 0. The molecule has 0 bridgehead atoms. The number of rotatable bonds is 4. The first-order valence-electron chi connectivity index (χ1n) is 4.90. The van der Waals surface area contributed by atoms with Crippen molar-refractivity contribution in [3.63, 3.8) is 0 Å². The van der Waals surface area contributed by atoms with Gasteiger partial charge >= 0.3 is 0 Å². The van der Waals surface area contributed by atoms with E-state index in [9.17, 15) is 8.42 Å². The number of sulfonamides is 1. The Morgan fingerprint density at radius 2 is 2.25 bits per heavy atom. The van der Waals surface area contributed by atoms with E-state index in [2.05, 4.69) is 9.71 Å². The maximum absolute atomic E-state index is 11.2. The Labute approximate surface area is 93.5 Å². The van der Waals surface area contributed by atoms with Gasteiger partial charge in [-0.2, -0.15) is 0 Å². The molecule has 1 heterocycles. The normalized spacial score (nSPS) is 12.1. The summed E-state index contributed by atoms with van der Waals surface area (Å²) in [7, 11) is -3.15. The fraction of sp³-hybridized carbons (Fsp3) is 0.300. The van der Waals surface area contributed by atoms with Gasteiger partial charge in [0.05, 0.1) is 5.75 Å². The van der Waals surface area contributed by atoms with E-state index in [0.717, 1.165) is 11.1 Å². The molecule has 0 aliphatic carbocycles. The summed E-state index contributed by atoms with van der Waals surface area (Å²) in [6.45, 7) is 1.87. The molecule has 5 nitrogen and oxygen atoms in total. The molecule has 0 aliphatic heterocycles. The van der Waals surface area contributed by atoms with Crippen LogP contribution in [-0.2, 0) is 16.6 Å². The maximum atomic E-state index is 11.2. The van der Waals surface area contributed by atoms with Gasteiger partial charge in [-0.3, -0.25) is 0 Å². The van der Waals surface area contributed by atoms with Crippen LogP contribution in [0.3, 0.4) is 0 Å². The van der Waals surface area contributed by atoms with Gasteiger partial charge in [-0.15, -0.1) is 0 Å². The van der Waals surface area contributed by atoms with Gasteiger partial charge < -0.3 is 4.42 Å². The number of hydrogen-bond acceptors (Lipinski definition) is 4. The van der Waals surface area contributed by atoms with Crippen molar-refractivity contribution in [3.05, 3.63) is 30.2 Å². The molecule has 0 radical (unpaired) electrons. The molecule has 0 amide bonds. The van der Waals surface area contributed by atoms with Crippen molar-refractivity contribution in [3.8, 4) is 0 Å². The van der Waals surface area contributed by atoms with Crippen LogP contribution in [0.1, 0.15) is 12.5 Å². The Morgan fingerprint density at radius 1 is 1.44 bits per heavy atom. The number of oxazole rings is 1. The minimum Gasteiger partial charge on any atom is -0.443 e. The molecule has 2 rings (SSSR count). The van der Waals surface area contributed by atoms with Crippen molar-refractivity contribution in [2.45, 2.75) is 13.5 Å². The molecule has 6 heteroatoms. The molecule has 1 aromatic heterocycles. The number of hydrogen-bond donors (Lipinski definition) is 1. The van der Waals surface area contributed by atoms with Crippen LogP contribution in [0, 0.1) is 0 Å². The van der Waals surface area contributed by atoms with E-state index in [1.807, 2.05) is 6.07 Å². The second-order valence-electron chi connectivity index (χ2n) is 3.38. The summed E-state index contributed by atoms with van der Waals surface area (Å²) in [4.78, 5) is 3.98. The first-order chi connectivity index (χ1) is 7.61. The molecule has 0 saturated heterocycles. The summed E-state index contributed by atoms with van der Waals surface area (Å²) < 4.78 is 30.1. The molecular weight excluding hydrogens is 228 g/mol. The smallest absolute Gasteiger partial charge is 0.211 e. The molecule has 0 unspecified atom stereocenters. The predicted octanol–water partition coefficient (Wildman–Crippen LogP) is 1.27. The summed E-state index contributed by atoms with van der Waals surface area (Å²) in [5.41, 5.74) is 2.27. The summed E-state index contributed by atoms with van der Waals surface area (Å²) >= 11 is 0. The Morgan fingerprint density at radius 3 is 3.00 bits per heavy atom. The molecule has 0 aliphatic rings. The lowest BCUT2D eigenvalue weighted by Gasteiger charge is -2.03. The molecule has 86 valence electrons. The molecule has 16 heavy (non-hydrogen) atoms. The van der Waals surface area contributed by atoms with Gasteiger partial charge in [-0.1, -0.05) is 6.07 Å². The monoisotopic (exact) mass is 240 g/mol. The van der Waals surface area contributed by atoms with Gasteiger partial charge in [0.1, 0.15) is 5.52 Å².